The summed E-state index contributed by atoms with van der Waals surface area (Å²) in [5.41, 5.74) is 0. The summed E-state index contributed by atoms with van der Waals surface area (Å²) in [6, 6.07) is 0.749. The zero-order valence-electron chi connectivity index (χ0n) is 10.0. The molecule has 1 fully saturated rings. The third kappa shape index (κ3) is 6.13. The van der Waals surface area contributed by atoms with E-state index in [9.17, 15) is 0 Å². The van der Waals surface area contributed by atoms with Crippen LogP contribution in [0.1, 0.15) is 38.5 Å². The zero-order valence-corrected chi connectivity index (χ0v) is 10.0. The number of piperidine rings is 1. The molecule has 0 aromatic carbocycles. The van der Waals surface area contributed by atoms with Gasteiger partial charge in [-0.25, -0.2) is 0 Å². The van der Waals surface area contributed by atoms with Gasteiger partial charge in [0.05, 0.1) is 0 Å². The topological polar surface area (TPSA) is 35.5 Å². The molecule has 0 amide bonds. The van der Waals surface area contributed by atoms with E-state index in [1.807, 2.05) is 0 Å². The van der Waals surface area contributed by atoms with E-state index >= 15 is 0 Å². The van der Waals surface area contributed by atoms with Crippen LogP contribution in [0.25, 0.3) is 0 Å². The van der Waals surface area contributed by atoms with Crippen molar-refractivity contribution in [1.82, 2.24) is 10.2 Å². The highest BCUT2D eigenvalue weighted by Gasteiger charge is 2.14. The minimum absolute atomic E-state index is 0.350. The molecular weight excluding hydrogens is 188 g/mol. The number of nitrogens with one attached hydrogen (secondary N) is 1. The standard InChI is InChI=1S/C12H26N2O/c1-14-9-6-12(7-10-14)13-8-4-2-3-5-11-15/h12-13,15H,2-11H2,1H3. The molecule has 0 atom stereocenters. The Kier molecular flexibility index (Phi) is 6.98. The molecule has 0 radical (unpaired) electrons. The van der Waals surface area contributed by atoms with Crippen LogP contribution in [0.3, 0.4) is 0 Å². The Labute approximate surface area is 93.9 Å². The Bertz CT molecular complexity index is 145. The SMILES string of the molecule is CN1CCC(NCCCCCCO)CC1. The summed E-state index contributed by atoms with van der Waals surface area (Å²) in [7, 11) is 2.20. The van der Waals surface area contributed by atoms with Crippen LogP contribution in [0.15, 0.2) is 0 Å². The number of aliphatic hydroxyl groups is 1. The molecule has 1 saturated heterocycles. The van der Waals surface area contributed by atoms with E-state index in [1.165, 1.54) is 45.2 Å². The van der Waals surface area contributed by atoms with Gasteiger partial charge >= 0.3 is 0 Å². The van der Waals surface area contributed by atoms with Crippen LogP contribution in [0.2, 0.25) is 0 Å². The lowest BCUT2D eigenvalue weighted by Gasteiger charge is -2.29. The quantitative estimate of drug-likeness (QED) is 0.626. The second kappa shape index (κ2) is 8.08. The summed E-state index contributed by atoms with van der Waals surface area (Å²) in [5.74, 6) is 0. The fourth-order valence-electron chi connectivity index (χ4n) is 2.11. The Hall–Kier alpha value is -0.120. The van der Waals surface area contributed by atoms with Crippen molar-refractivity contribution < 1.29 is 5.11 Å². The second-order valence-electron chi connectivity index (χ2n) is 4.67. The zero-order chi connectivity index (χ0) is 10.9. The predicted molar refractivity (Wildman–Crippen MR) is 64.1 cm³/mol. The number of hydrogen-bond donors (Lipinski definition) is 2. The Balaban J connectivity index is 1.87. The van der Waals surface area contributed by atoms with Crippen molar-refractivity contribution in [3.8, 4) is 0 Å². The van der Waals surface area contributed by atoms with E-state index < -0.39 is 0 Å². The van der Waals surface area contributed by atoms with Crippen molar-refractivity contribution in [2.75, 3.05) is 33.3 Å². The van der Waals surface area contributed by atoms with Gasteiger partial charge in [0.2, 0.25) is 0 Å². The largest absolute Gasteiger partial charge is 0.396 e. The summed E-state index contributed by atoms with van der Waals surface area (Å²) >= 11 is 0. The van der Waals surface area contributed by atoms with E-state index in [1.54, 1.807) is 0 Å². The molecule has 0 unspecified atom stereocenters. The number of aliphatic hydroxyl groups excluding tert-OH is 1. The van der Waals surface area contributed by atoms with Crippen molar-refractivity contribution in [1.29, 1.82) is 0 Å². The van der Waals surface area contributed by atoms with Crippen LogP contribution < -0.4 is 5.32 Å². The maximum absolute atomic E-state index is 8.63. The first-order valence-corrected chi connectivity index (χ1v) is 6.35. The monoisotopic (exact) mass is 214 g/mol. The number of likely N-dealkylation sites (tertiary alicyclic amines) is 1. The summed E-state index contributed by atoms with van der Waals surface area (Å²) < 4.78 is 0. The van der Waals surface area contributed by atoms with Crippen LogP contribution in [0, 0.1) is 0 Å². The lowest BCUT2D eigenvalue weighted by atomic mass is 10.1. The van der Waals surface area contributed by atoms with Crippen molar-refractivity contribution in [2.24, 2.45) is 0 Å². The first-order chi connectivity index (χ1) is 7.33. The van der Waals surface area contributed by atoms with Crippen molar-refractivity contribution in [3.05, 3.63) is 0 Å². The molecule has 0 spiro atoms. The fourth-order valence-corrected chi connectivity index (χ4v) is 2.11. The maximum Gasteiger partial charge on any atom is 0.0431 e. The third-order valence-electron chi connectivity index (χ3n) is 3.24. The van der Waals surface area contributed by atoms with Crippen LogP contribution in [-0.2, 0) is 0 Å². The normalized spacial score (nSPS) is 19.6. The molecule has 1 aliphatic heterocycles. The number of unbranched alkanes of at least 4 members (excludes halogenated alkanes) is 3. The van der Waals surface area contributed by atoms with E-state index in [-0.39, 0.29) is 0 Å². The maximum atomic E-state index is 8.63. The van der Waals surface area contributed by atoms with Gasteiger partial charge in [-0.3, -0.25) is 0 Å². The molecule has 90 valence electrons. The van der Waals surface area contributed by atoms with E-state index in [4.69, 9.17) is 5.11 Å². The van der Waals surface area contributed by atoms with E-state index in [2.05, 4.69) is 17.3 Å². The summed E-state index contributed by atoms with van der Waals surface area (Å²) in [5, 5.41) is 12.3. The fraction of sp³-hybridized carbons (Fsp3) is 1.00. The van der Waals surface area contributed by atoms with Gasteiger partial charge < -0.3 is 15.3 Å². The van der Waals surface area contributed by atoms with Crippen LogP contribution in [0.4, 0.5) is 0 Å². The van der Waals surface area contributed by atoms with Gasteiger partial charge in [-0.2, -0.15) is 0 Å². The minimum atomic E-state index is 0.350. The summed E-state index contributed by atoms with van der Waals surface area (Å²) in [6.07, 6.45) is 7.24. The van der Waals surface area contributed by atoms with Gasteiger partial charge in [0.15, 0.2) is 0 Å². The Morgan fingerprint density at radius 3 is 2.47 bits per heavy atom. The lowest BCUT2D eigenvalue weighted by molar-refractivity contribution is 0.234. The number of rotatable bonds is 7. The molecular formula is C12H26N2O. The van der Waals surface area contributed by atoms with Crippen molar-refractivity contribution >= 4 is 0 Å². The first kappa shape index (κ1) is 12.9. The molecule has 2 N–H and O–H groups in total. The highest BCUT2D eigenvalue weighted by Crippen LogP contribution is 2.08. The molecule has 0 saturated carbocycles. The predicted octanol–water partition coefficient (Wildman–Crippen LogP) is 1.22. The Morgan fingerprint density at radius 2 is 1.80 bits per heavy atom. The molecule has 1 rings (SSSR count). The molecule has 3 nitrogen and oxygen atoms in total. The number of hydrogen-bond acceptors (Lipinski definition) is 3. The van der Waals surface area contributed by atoms with Gasteiger partial charge in [-0.05, 0) is 52.4 Å². The van der Waals surface area contributed by atoms with Gasteiger partial charge in [-0.1, -0.05) is 12.8 Å². The highest BCUT2D eigenvalue weighted by atomic mass is 16.2. The molecule has 15 heavy (non-hydrogen) atoms. The van der Waals surface area contributed by atoms with Gasteiger partial charge in [0.1, 0.15) is 0 Å². The Morgan fingerprint density at radius 1 is 1.13 bits per heavy atom. The third-order valence-corrected chi connectivity index (χ3v) is 3.24. The van der Waals surface area contributed by atoms with Crippen LogP contribution in [0.5, 0.6) is 0 Å². The van der Waals surface area contributed by atoms with E-state index in [0.717, 1.165) is 19.0 Å². The minimum Gasteiger partial charge on any atom is -0.396 e. The molecule has 0 aromatic rings. The van der Waals surface area contributed by atoms with Gasteiger partial charge in [0.25, 0.3) is 0 Å². The van der Waals surface area contributed by atoms with Gasteiger partial charge in [0, 0.05) is 12.6 Å². The second-order valence-corrected chi connectivity index (χ2v) is 4.67. The number of nitrogens with zero attached hydrogens (tertiary/aromatic N) is 1. The van der Waals surface area contributed by atoms with Crippen molar-refractivity contribution in [2.45, 2.75) is 44.6 Å². The van der Waals surface area contributed by atoms with Crippen molar-refractivity contribution in [3.63, 3.8) is 0 Å². The van der Waals surface area contributed by atoms with E-state index in [0.29, 0.717) is 6.61 Å². The molecule has 1 heterocycles. The highest BCUT2D eigenvalue weighted by molar-refractivity contribution is 4.75. The first-order valence-electron chi connectivity index (χ1n) is 6.35. The van der Waals surface area contributed by atoms with Crippen LogP contribution in [-0.4, -0.2) is 49.3 Å². The van der Waals surface area contributed by atoms with Gasteiger partial charge in [-0.15, -0.1) is 0 Å². The molecule has 0 aliphatic carbocycles. The summed E-state index contributed by atoms with van der Waals surface area (Å²) in [4.78, 5) is 2.40. The smallest absolute Gasteiger partial charge is 0.0431 e. The molecule has 0 bridgehead atoms. The molecule has 3 heteroatoms. The average Bonchev–Trinajstić information content (AvgIpc) is 2.26. The molecule has 1 aliphatic rings. The molecule has 0 aromatic heterocycles. The summed E-state index contributed by atoms with van der Waals surface area (Å²) in [6.45, 7) is 3.98. The van der Waals surface area contributed by atoms with Crippen LogP contribution >= 0.6 is 0 Å². The average molecular weight is 214 g/mol. The lowest BCUT2D eigenvalue weighted by Crippen LogP contribution is -2.41.